The van der Waals surface area contributed by atoms with Gasteiger partial charge in [-0.05, 0) is 18.9 Å². The number of carbonyl (C=O) groups is 2. The molecule has 1 unspecified atom stereocenters. The van der Waals surface area contributed by atoms with Crippen LogP contribution in [0.25, 0.3) is 0 Å². The molecule has 1 atom stereocenters. The van der Waals surface area contributed by atoms with Crippen molar-refractivity contribution in [1.29, 1.82) is 0 Å². The molecule has 1 saturated heterocycles. The van der Waals surface area contributed by atoms with Crippen molar-refractivity contribution in [2.75, 3.05) is 51.2 Å². The SMILES string of the molecule is O=C1Nc2ccccc2C1N(CC(=O)N1CCN(CCO)CC1)C1CCCC1. The Balaban J connectivity index is 1.48. The molecule has 1 aliphatic carbocycles. The van der Waals surface area contributed by atoms with Gasteiger partial charge in [0, 0.05) is 50.0 Å². The lowest BCUT2D eigenvalue weighted by Gasteiger charge is -2.38. The molecule has 4 rings (SSSR count). The summed E-state index contributed by atoms with van der Waals surface area (Å²) < 4.78 is 0. The van der Waals surface area contributed by atoms with Gasteiger partial charge in [0.15, 0.2) is 0 Å². The Labute approximate surface area is 166 Å². The Morgan fingerprint density at radius 2 is 1.86 bits per heavy atom. The van der Waals surface area contributed by atoms with Gasteiger partial charge in [-0.3, -0.25) is 19.4 Å². The van der Waals surface area contributed by atoms with Gasteiger partial charge in [0.2, 0.25) is 11.8 Å². The molecule has 0 aromatic heterocycles. The van der Waals surface area contributed by atoms with Crippen molar-refractivity contribution in [1.82, 2.24) is 14.7 Å². The van der Waals surface area contributed by atoms with Crippen LogP contribution in [0.3, 0.4) is 0 Å². The van der Waals surface area contributed by atoms with Gasteiger partial charge in [-0.25, -0.2) is 0 Å². The van der Waals surface area contributed by atoms with Crippen LogP contribution in [0, 0.1) is 0 Å². The number of fused-ring (bicyclic) bond motifs is 1. The van der Waals surface area contributed by atoms with Gasteiger partial charge in [0.1, 0.15) is 6.04 Å². The first-order valence-corrected chi connectivity index (χ1v) is 10.4. The number of rotatable bonds is 6. The number of nitrogens with zero attached hydrogens (tertiary/aromatic N) is 3. The first-order chi connectivity index (χ1) is 13.7. The molecule has 1 aromatic carbocycles. The van der Waals surface area contributed by atoms with Gasteiger partial charge in [0.05, 0.1) is 13.2 Å². The minimum Gasteiger partial charge on any atom is -0.395 e. The van der Waals surface area contributed by atoms with E-state index < -0.39 is 0 Å². The van der Waals surface area contributed by atoms with Crippen molar-refractivity contribution in [3.05, 3.63) is 29.8 Å². The summed E-state index contributed by atoms with van der Waals surface area (Å²) in [6, 6.07) is 7.72. The molecule has 0 radical (unpaired) electrons. The molecule has 2 fully saturated rings. The Bertz CT molecular complexity index is 711. The number of hydrogen-bond donors (Lipinski definition) is 2. The topological polar surface area (TPSA) is 76.1 Å². The lowest BCUT2D eigenvalue weighted by molar-refractivity contribution is -0.136. The summed E-state index contributed by atoms with van der Waals surface area (Å²) in [5, 5.41) is 12.1. The van der Waals surface area contributed by atoms with E-state index in [1.54, 1.807) is 0 Å². The van der Waals surface area contributed by atoms with Crippen LogP contribution in [-0.2, 0) is 9.59 Å². The highest BCUT2D eigenvalue weighted by molar-refractivity contribution is 6.02. The monoisotopic (exact) mass is 386 g/mol. The van der Waals surface area contributed by atoms with E-state index in [1.807, 2.05) is 29.2 Å². The summed E-state index contributed by atoms with van der Waals surface area (Å²) in [5.41, 5.74) is 1.85. The van der Waals surface area contributed by atoms with Crippen LogP contribution in [0.2, 0.25) is 0 Å². The zero-order chi connectivity index (χ0) is 19.5. The molecule has 2 amide bonds. The first-order valence-electron chi connectivity index (χ1n) is 10.4. The van der Waals surface area contributed by atoms with Crippen LogP contribution < -0.4 is 5.32 Å². The molecule has 2 heterocycles. The maximum atomic E-state index is 13.1. The summed E-state index contributed by atoms with van der Waals surface area (Å²) in [6.45, 7) is 4.06. The van der Waals surface area contributed by atoms with E-state index in [0.717, 1.165) is 50.0 Å². The Morgan fingerprint density at radius 3 is 2.57 bits per heavy atom. The van der Waals surface area contributed by atoms with Crippen LogP contribution in [0.1, 0.15) is 37.3 Å². The molecule has 2 aliphatic heterocycles. The molecule has 0 bridgehead atoms. The van der Waals surface area contributed by atoms with E-state index in [4.69, 9.17) is 5.11 Å². The number of amides is 2. The van der Waals surface area contributed by atoms with Crippen molar-refractivity contribution in [2.45, 2.75) is 37.8 Å². The van der Waals surface area contributed by atoms with Crippen LogP contribution in [-0.4, -0.2) is 83.5 Å². The molecule has 152 valence electrons. The summed E-state index contributed by atoms with van der Waals surface area (Å²) in [6.07, 6.45) is 4.41. The highest BCUT2D eigenvalue weighted by Crippen LogP contribution is 2.38. The number of para-hydroxylation sites is 1. The van der Waals surface area contributed by atoms with E-state index >= 15 is 0 Å². The van der Waals surface area contributed by atoms with E-state index in [-0.39, 0.29) is 37.0 Å². The molecule has 3 aliphatic rings. The fourth-order valence-electron chi connectivity index (χ4n) is 4.81. The molecule has 1 saturated carbocycles. The number of benzene rings is 1. The molecule has 7 heteroatoms. The van der Waals surface area contributed by atoms with E-state index in [1.165, 1.54) is 0 Å². The minimum absolute atomic E-state index is 0.0198. The molecule has 7 nitrogen and oxygen atoms in total. The highest BCUT2D eigenvalue weighted by Gasteiger charge is 2.40. The summed E-state index contributed by atoms with van der Waals surface area (Å²) in [5.74, 6) is 0.0846. The summed E-state index contributed by atoms with van der Waals surface area (Å²) in [7, 11) is 0. The molecular formula is C21H30N4O3. The number of carbonyl (C=O) groups excluding carboxylic acids is 2. The zero-order valence-electron chi connectivity index (χ0n) is 16.3. The van der Waals surface area contributed by atoms with Crippen LogP contribution in [0.15, 0.2) is 24.3 Å². The fraction of sp³-hybridized carbons (Fsp3) is 0.619. The number of aliphatic hydroxyl groups is 1. The van der Waals surface area contributed by atoms with Gasteiger partial charge in [-0.2, -0.15) is 0 Å². The van der Waals surface area contributed by atoms with Gasteiger partial charge in [-0.15, -0.1) is 0 Å². The average Bonchev–Trinajstić information content (AvgIpc) is 3.34. The summed E-state index contributed by atoms with van der Waals surface area (Å²) in [4.78, 5) is 32.1. The normalized spacial score (nSPS) is 23.3. The maximum Gasteiger partial charge on any atom is 0.246 e. The van der Waals surface area contributed by atoms with E-state index in [0.29, 0.717) is 19.6 Å². The Morgan fingerprint density at radius 1 is 1.14 bits per heavy atom. The van der Waals surface area contributed by atoms with Crippen LogP contribution in [0.5, 0.6) is 0 Å². The van der Waals surface area contributed by atoms with Gasteiger partial charge in [-0.1, -0.05) is 31.0 Å². The van der Waals surface area contributed by atoms with Crippen LogP contribution >= 0.6 is 0 Å². The lowest BCUT2D eigenvalue weighted by Crippen LogP contribution is -2.53. The minimum atomic E-state index is -0.376. The van der Waals surface area contributed by atoms with E-state index in [9.17, 15) is 9.59 Å². The fourth-order valence-corrected chi connectivity index (χ4v) is 4.81. The second-order valence-electron chi connectivity index (χ2n) is 8.04. The predicted octanol–water partition coefficient (Wildman–Crippen LogP) is 1.06. The number of anilines is 1. The quantitative estimate of drug-likeness (QED) is 0.765. The first kappa shape index (κ1) is 19.4. The van der Waals surface area contributed by atoms with E-state index in [2.05, 4.69) is 15.1 Å². The smallest absolute Gasteiger partial charge is 0.246 e. The van der Waals surface area contributed by atoms with Gasteiger partial charge in [0.25, 0.3) is 0 Å². The van der Waals surface area contributed by atoms with Crippen molar-refractivity contribution in [2.24, 2.45) is 0 Å². The molecular weight excluding hydrogens is 356 g/mol. The molecule has 2 N–H and O–H groups in total. The molecule has 0 spiro atoms. The average molecular weight is 386 g/mol. The van der Waals surface area contributed by atoms with Crippen molar-refractivity contribution in [3.63, 3.8) is 0 Å². The second-order valence-corrected chi connectivity index (χ2v) is 8.04. The number of piperazine rings is 1. The standard InChI is InChI=1S/C21H30N4O3/c26-14-13-23-9-11-24(12-10-23)19(27)15-25(16-5-1-2-6-16)20-17-7-3-4-8-18(17)22-21(20)28/h3-4,7-8,16,20,26H,1-2,5-6,9-15H2,(H,22,28). The van der Waals surface area contributed by atoms with Crippen LogP contribution in [0.4, 0.5) is 5.69 Å². The Kier molecular flexibility index (Phi) is 5.94. The number of hydrogen-bond acceptors (Lipinski definition) is 5. The molecule has 1 aromatic rings. The van der Waals surface area contributed by atoms with Gasteiger partial charge < -0.3 is 15.3 Å². The van der Waals surface area contributed by atoms with Crippen molar-refractivity contribution >= 4 is 17.5 Å². The number of β-amino-alcohol motifs (C(OH)–C–C–N with tert-alkyl or cyclic N) is 1. The third kappa shape index (κ3) is 3.92. The van der Waals surface area contributed by atoms with Crippen molar-refractivity contribution < 1.29 is 14.7 Å². The largest absolute Gasteiger partial charge is 0.395 e. The van der Waals surface area contributed by atoms with Gasteiger partial charge >= 0.3 is 0 Å². The lowest BCUT2D eigenvalue weighted by atomic mass is 10.0. The third-order valence-electron chi connectivity index (χ3n) is 6.35. The van der Waals surface area contributed by atoms with Crippen molar-refractivity contribution in [3.8, 4) is 0 Å². The molecule has 28 heavy (non-hydrogen) atoms. The number of nitrogens with one attached hydrogen (secondary N) is 1. The Hall–Kier alpha value is -1.96. The number of aliphatic hydroxyl groups excluding tert-OH is 1. The third-order valence-corrected chi connectivity index (χ3v) is 6.35. The zero-order valence-corrected chi connectivity index (χ0v) is 16.3. The predicted molar refractivity (Wildman–Crippen MR) is 107 cm³/mol. The maximum absolute atomic E-state index is 13.1. The highest BCUT2D eigenvalue weighted by atomic mass is 16.3. The second kappa shape index (κ2) is 8.59. The summed E-state index contributed by atoms with van der Waals surface area (Å²) >= 11 is 0.